The van der Waals surface area contributed by atoms with Gasteiger partial charge in [-0.3, -0.25) is 9.59 Å². The minimum Gasteiger partial charge on any atom is -0.289 e. The molecule has 2 nitrogen and oxygen atoms in total. The van der Waals surface area contributed by atoms with Crippen molar-refractivity contribution in [3.63, 3.8) is 0 Å². The largest absolute Gasteiger partial charge is 0.416 e. The van der Waals surface area contributed by atoms with Gasteiger partial charge in [-0.25, -0.2) is 0 Å². The second-order valence-corrected chi connectivity index (χ2v) is 10.3. The Kier molecular flexibility index (Phi) is 5.41. The molecule has 0 atom stereocenters. The van der Waals surface area contributed by atoms with Crippen molar-refractivity contribution in [2.24, 2.45) is 0 Å². The van der Waals surface area contributed by atoms with E-state index in [-0.39, 0.29) is 10.9 Å². The molecule has 42 heavy (non-hydrogen) atoms. The molecule has 0 N–H and O–H groups in total. The first-order valence-electron chi connectivity index (χ1n) is 12.8. The van der Waals surface area contributed by atoms with E-state index >= 15 is 0 Å². The van der Waals surface area contributed by atoms with Crippen LogP contribution in [0, 0.1) is 0 Å². The topological polar surface area (TPSA) is 34.1 Å². The van der Waals surface area contributed by atoms with Crippen molar-refractivity contribution < 1.29 is 26.3 Å². The summed E-state index contributed by atoms with van der Waals surface area (Å²) in [6.07, 6.45) is -8.90. The third kappa shape index (κ3) is 3.97. The van der Waals surface area contributed by atoms with Crippen molar-refractivity contribution in [1.29, 1.82) is 0 Å². The first-order chi connectivity index (χ1) is 19.9. The Morgan fingerprint density at radius 1 is 0.333 bits per heavy atom. The predicted octanol–water partition coefficient (Wildman–Crippen LogP) is 9.27. The summed E-state index contributed by atoms with van der Waals surface area (Å²) in [5, 5.41) is 4.15. The van der Waals surface area contributed by atoms with Crippen molar-refractivity contribution in [2.45, 2.75) is 12.4 Å². The van der Waals surface area contributed by atoms with E-state index < -0.39 is 23.5 Å². The van der Waals surface area contributed by atoms with Crippen molar-refractivity contribution >= 4 is 43.1 Å². The van der Waals surface area contributed by atoms with Crippen LogP contribution in [0.4, 0.5) is 26.3 Å². The summed E-state index contributed by atoms with van der Waals surface area (Å²) < 4.78 is 77.8. The SMILES string of the molecule is O=c1c2cc(-c3ccc(C(F)(F)F)cc3)ccc2c2cc3c(cc12)c(=O)c1cc(-c2ccc(C(F)(F)F)cc2)ccc13. The number of hydrogen-bond acceptors (Lipinski definition) is 2. The molecule has 0 spiro atoms. The quantitative estimate of drug-likeness (QED) is 0.194. The molecule has 0 amide bonds. The average Bonchev–Trinajstić information content (AvgIpc) is 3.40. The first kappa shape index (κ1) is 26.0. The lowest BCUT2D eigenvalue weighted by atomic mass is 10.0. The van der Waals surface area contributed by atoms with Crippen molar-refractivity contribution in [1.82, 2.24) is 0 Å². The lowest BCUT2D eigenvalue weighted by molar-refractivity contribution is -0.138. The van der Waals surface area contributed by atoms with E-state index in [0.717, 1.165) is 24.3 Å². The minimum atomic E-state index is -4.45. The molecule has 0 radical (unpaired) electrons. The number of alkyl halides is 6. The Morgan fingerprint density at radius 2 is 0.643 bits per heavy atom. The predicted molar refractivity (Wildman–Crippen MR) is 152 cm³/mol. The van der Waals surface area contributed by atoms with E-state index in [2.05, 4.69) is 0 Å². The number of halogens is 6. The molecule has 206 valence electrons. The molecule has 0 heterocycles. The van der Waals surface area contributed by atoms with Gasteiger partial charge in [0.15, 0.2) is 10.9 Å². The molecule has 0 saturated heterocycles. The molecule has 0 bridgehead atoms. The summed E-state index contributed by atoms with van der Waals surface area (Å²) in [5.41, 5.74) is 0.150. The zero-order valence-corrected chi connectivity index (χ0v) is 21.3. The monoisotopic (exact) mass is 570 g/mol. The summed E-state index contributed by atoms with van der Waals surface area (Å²) in [5.74, 6) is 0. The first-order valence-corrected chi connectivity index (χ1v) is 12.8. The van der Waals surface area contributed by atoms with Crippen LogP contribution >= 0.6 is 0 Å². The van der Waals surface area contributed by atoms with Gasteiger partial charge in [0.1, 0.15) is 0 Å². The Hall–Kier alpha value is -4.98. The van der Waals surface area contributed by atoms with Gasteiger partial charge >= 0.3 is 12.4 Å². The van der Waals surface area contributed by atoms with Crippen LogP contribution < -0.4 is 10.9 Å². The Morgan fingerprint density at radius 3 is 1.00 bits per heavy atom. The van der Waals surface area contributed by atoms with Gasteiger partial charge in [0, 0.05) is 21.5 Å². The number of fused-ring (bicyclic) bond motifs is 6. The molecular formula is C34H16F6O2. The van der Waals surface area contributed by atoms with Crippen LogP contribution in [0.25, 0.3) is 65.3 Å². The number of hydrogen-bond donors (Lipinski definition) is 0. The van der Waals surface area contributed by atoms with E-state index in [1.807, 2.05) is 0 Å². The molecule has 7 rings (SSSR count). The lowest BCUT2D eigenvalue weighted by Gasteiger charge is -2.08. The van der Waals surface area contributed by atoms with Crippen LogP contribution in [0.3, 0.4) is 0 Å². The summed E-state index contributed by atoms with van der Waals surface area (Å²) in [6.45, 7) is 0. The van der Waals surface area contributed by atoms with Crippen LogP contribution in [0.15, 0.2) is 107 Å². The smallest absolute Gasteiger partial charge is 0.289 e. The van der Waals surface area contributed by atoms with Crippen molar-refractivity contribution in [3.8, 4) is 22.3 Å². The summed E-state index contributed by atoms with van der Waals surface area (Å²) in [4.78, 5) is 26.9. The fourth-order valence-electron chi connectivity index (χ4n) is 5.71. The van der Waals surface area contributed by atoms with E-state index in [4.69, 9.17) is 0 Å². The fourth-order valence-corrected chi connectivity index (χ4v) is 5.71. The van der Waals surface area contributed by atoms with Crippen LogP contribution in [0.5, 0.6) is 0 Å². The maximum Gasteiger partial charge on any atom is 0.416 e. The third-order valence-corrected chi connectivity index (χ3v) is 7.85. The Bertz CT molecular complexity index is 2120. The number of benzene rings is 5. The number of rotatable bonds is 2. The van der Waals surface area contributed by atoms with Gasteiger partial charge in [-0.1, -0.05) is 48.5 Å². The zero-order valence-electron chi connectivity index (χ0n) is 21.3. The standard InChI is InChI=1S/C34H16F6O2/c35-33(36,37)21-7-1-17(2-8-21)19-5-11-23-25-15-26-24-12-6-20(18-3-9-22(10-4-18)34(38,39)40)14-28(24)32(42)30(26)16-29(25)31(41)27(23)13-19/h1-16H. The molecule has 7 aromatic carbocycles. The highest BCUT2D eigenvalue weighted by Crippen LogP contribution is 2.37. The second-order valence-electron chi connectivity index (χ2n) is 10.3. The molecule has 0 aliphatic heterocycles. The van der Waals surface area contributed by atoms with E-state index in [1.165, 1.54) is 24.3 Å². The van der Waals surface area contributed by atoms with Crippen LogP contribution in [0.1, 0.15) is 11.1 Å². The maximum atomic E-state index is 13.4. The van der Waals surface area contributed by atoms with Crippen molar-refractivity contribution in [2.75, 3.05) is 0 Å². The third-order valence-electron chi connectivity index (χ3n) is 7.85. The minimum absolute atomic E-state index is 0.286. The molecule has 0 fully saturated rings. The van der Waals surface area contributed by atoms with Gasteiger partial charge in [0.2, 0.25) is 0 Å². The van der Waals surface area contributed by atoms with E-state index in [1.54, 1.807) is 48.5 Å². The van der Waals surface area contributed by atoms with Crippen LogP contribution in [-0.2, 0) is 12.4 Å². The molecule has 8 heteroatoms. The zero-order chi connectivity index (χ0) is 29.6. The Balaban J connectivity index is 1.35. The Labute approximate surface area is 232 Å². The molecular weight excluding hydrogens is 554 g/mol. The normalized spacial score (nSPS) is 12.7. The van der Waals surface area contributed by atoms with Gasteiger partial charge in [-0.15, -0.1) is 0 Å². The van der Waals surface area contributed by atoms with Gasteiger partial charge in [-0.05, 0) is 92.3 Å². The van der Waals surface area contributed by atoms with Gasteiger partial charge in [0.05, 0.1) is 11.1 Å². The highest BCUT2D eigenvalue weighted by Gasteiger charge is 2.31. The van der Waals surface area contributed by atoms with Crippen molar-refractivity contribution in [3.05, 3.63) is 129 Å². The molecule has 0 aliphatic carbocycles. The van der Waals surface area contributed by atoms with Gasteiger partial charge < -0.3 is 0 Å². The highest BCUT2D eigenvalue weighted by atomic mass is 19.4. The van der Waals surface area contributed by atoms with E-state index in [0.29, 0.717) is 65.3 Å². The van der Waals surface area contributed by atoms with E-state index in [9.17, 15) is 35.9 Å². The molecule has 7 aromatic rings. The van der Waals surface area contributed by atoms with Gasteiger partial charge in [0.25, 0.3) is 0 Å². The molecule has 0 aliphatic rings. The fraction of sp³-hybridized carbons (Fsp3) is 0.0588. The molecule has 0 unspecified atom stereocenters. The lowest BCUT2D eigenvalue weighted by Crippen LogP contribution is -2.04. The summed E-state index contributed by atoms with van der Waals surface area (Å²) in [7, 11) is 0. The maximum absolute atomic E-state index is 13.4. The second kappa shape index (κ2) is 8.76. The molecule has 0 saturated carbocycles. The van der Waals surface area contributed by atoms with Gasteiger partial charge in [-0.2, -0.15) is 26.3 Å². The average molecular weight is 570 g/mol. The van der Waals surface area contributed by atoms with Crippen LogP contribution in [0.2, 0.25) is 0 Å². The summed E-state index contributed by atoms with van der Waals surface area (Å²) >= 11 is 0. The highest BCUT2D eigenvalue weighted by molar-refractivity contribution is 6.22. The van der Waals surface area contributed by atoms with Crippen LogP contribution in [-0.4, -0.2) is 0 Å². The summed E-state index contributed by atoms with van der Waals surface area (Å²) in [6, 6.07) is 23.1. The molecule has 0 aromatic heterocycles.